The van der Waals surface area contributed by atoms with Crippen LogP contribution < -0.4 is 4.74 Å². The summed E-state index contributed by atoms with van der Waals surface area (Å²) in [4.78, 5) is 15.5. The van der Waals surface area contributed by atoms with E-state index < -0.39 is 12.1 Å². The van der Waals surface area contributed by atoms with Gasteiger partial charge in [0.05, 0.1) is 5.52 Å². The zero-order valence-electron chi connectivity index (χ0n) is 14.2. The Morgan fingerprint density at radius 2 is 2.04 bits per heavy atom. The molecule has 0 spiro atoms. The number of aromatic nitrogens is 1. The van der Waals surface area contributed by atoms with Gasteiger partial charge in [0.25, 0.3) is 0 Å². The van der Waals surface area contributed by atoms with Crippen molar-refractivity contribution in [2.24, 2.45) is 0 Å². The monoisotopic (exact) mass is 367 g/mol. The highest BCUT2D eigenvalue weighted by Crippen LogP contribution is 2.19. The van der Waals surface area contributed by atoms with Crippen molar-refractivity contribution in [3.05, 3.63) is 77.0 Å². The molecule has 3 aromatic rings. The van der Waals surface area contributed by atoms with Gasteiger partial charge in [0, 0.05) is 22.5 Å². The first-order valence-electron chi connectivity index (χ1n) is 8.22. The highest BCUT2D eigenvalue weighted by molar-refractivity contribution is 6.31. The van der Waals surface area contributed by atoms with Crippen LogP contribution in [0.15, 0.2) is 60.7 Å². The van der Waals surface area contributed by atoms with Crippen molar-refractivity contribution in [3.63, 3.8) is 0 Å². The predicted molar refractivity (Wildman–Crippen MR) is 104 cm³/mol. The smallest absolute Gasteiger partial charge is 0.344 e. The first-order chi connectivity index (χ1) is 12.5. The van der Waals surface area contributed by atoms with E-state index in [0.717, 1.165) is 22.2 Å². The number of hydrogen-bond donors (Lipinski definition) is 1. The number of halogens is 1. The molecule has 5 heteroatoms. The molecule has 1 heterocycles. The Balaban J connectivity index is 1.69. The normalized spacial score (nSPS) is 12.4. The molecule has 0 aliphatic rings. The fourth-order valence-corrected chi connectivity index (χ4v) is 2.67. The summed E-state index contributed by atoms with van der Waals surface area (Å²) in [6.07, 6.45) is 3.77. The van der Waals surface area contributed by atoms with Crippen molar-refractivity contribution in [2.45, 2.75) is 19.4 Å². The van der Waals surface area contributed by atoms with Gasteiger partial charge in [-0.2, -0.15) is 0 Å². The van der Waals surface area contributed by atoms with Gasteiger partial charge in [0.15, 0.2) is 6.10 Å². The van der Waals surface area contributed by atoms with Crippen LogP contribution in [0.4, 0.5) is 0 Å². The number of ether oxygens (including phenoxy) is 1. The fraction of sp³-hybridized carbons (Fsp3) is 0.143. The van der Waals surface area contributed by atoms with Crippen LogP contribution in [-0.2, 0) is 11.2 Å². The molecule has 2 aromatic carbocycles. The van der Waals surface area contributed by atoms with Crippen LogP contribution in [0.5, 0.6) is 5.75 Å². The quantitative estimate of drug-likeness (QED) is 0.666. The van der Waals surface area contributed by atoms with E-state index in [0.29, 0.717) is 17.2 Å². The summed E-state index contributed by atoms with van der Waals surface area (Å²) in [6, 6.07) is 17.0. The lowest BCUT2D eigenvalue weighted by atomic mass is 10.1. The number of pyridine rings is 1. The summed E-state index contributed by atoms with van der Waals surface area (Å²) in [7, 11) is 0. The molecule has 4 nitrogen and oxygen atoms in total. The molecule has 132 valence electrons. The predicted octanol–water partition coefficient (Wildman–Crippen LogP) is 5.00. The van der Waals surface area contributed by atoms with Crippen LogP contribution in [0.1, 0.15) is 18.2 Å². The third kappa shape index (κ3) is 4.61. The second kappa shape index (κ2) is 8.02. The van der Waals surface area contributed by atoms with E-state index in [2.05, 4.69) is 4.98 Å². The highest BCUT2D eigenvalue weighted by Gasteiger charge is 2.12. The third-order valence-electron chi connectivity index (χ3n) is 3.87. The number of nitrogens with zero attached hydrogens (tertiary/aromatic N) is 1. The zero-order chi connectivity index (χ0) is 18.5. The molecule has 0 radical (unpaired) electrons. The lowest BCUT2D eigenvalue weighted by Crippen LogP contribution is -2.22. The van der Waals surface area contributed by atoms with Crippen LogP contribution in [0.3, 0.4) is 0 Å². The van der Waals surface area contributed by atoms with Gasteiger partial charge in [0.1, 0.15) is 5.75 Å². The average Bonchev–Trinajstić information content (AvgIpc) is 2.61. The number of allylic oxidation sites excluding steroid dienone is 1. The molecule has 0 amide bonds. The van der Waals surface area contributed by atoms with Gasteiger partial charge in [-0.25, -0.2) is 4.79 Å². The summed E-state index contributed by atoms with van der Waals surface area (Å²) >= 11 is 6.02. The van der Waals surface area contributed by atoms with Gasteiger partial charge < -0.3 is 9.84 Å². The molecule has 0 bridgehead atoms. The van der Waals surface area contributed by atoms with Crippen LogP contribution >= 0.6 is 11.6 Å². The Kier molecular flexibility index (Phi) is 5.54. The molecule has 0 aliphatic heterocycles. The van der Waals surface area contributed by atoms with Gasteiger partial charge >= 0.3 is 5.97 Å². The molecule has 26 heavy (non-hydrogen) atoms. The molecule has 0 fully saturated rings. The molecule has 1 N–H and O–H groups in total. The van der Waals surface area contributed by atoms with E-state index in [-0.39, 0.29) is 0 Å². The van der Waals surface area contributed by atoms with Crippen molar-refractivity contribution < 1.29 is 14.6 Å². The summed E-state index contributed by atoms with van der Waals surface area (Å²) in [5.74, 6) is -0.464. The van der Waals surface area contributed by atoms with Gasteiger partial charge in [0.2, 0.25) is 0 Å². The Morgan fingerprint density at radius 1 is 1.23 bits per heavy atom. The zero-order valence-corrected chi connectivity index (χ0v) is 15.0. The lowest BCUT2D eigenvalue weighted by Gasteiger charge is -2.10. The second-order valence-corrected chi connectivity index (χ2v) is 6.35. The van der Waals surface area contributed by atoms with Crippen LogP contribution in [0.2, 0.25) is 5.02 Å². The molecule has 1 unspecified atom stereocenters. The minimum absolute atomic E-state index is 0.528. The topological polar surface area (TPSA) is 59.4 Å². The molecule has 1 aromatic heterocycles. The molecule has 1 atom stereocenters. The van der Waals surface area contributed by atoms with Gasteiger partial charge in [-0.3, -0.25) is 4.98 Å². The molecule has 3 rings (SSSR count). The largest absolute Gasteiger partial charge is 0.479 e. The molecular formula is C21H18ClNO3. The first-order valence-corrected chi connectivity index (χ1v) is 8.60. The Hall–Kier alpha value is -2.85. The maximum absolute atomic E-state index is 10.9. The highest BCUT2D eigenvalue weighted by atomic mass is 35.5. The summed E-state index contributed by atoms with van der Waals surface area (Å²) in [5, 5.41) is 10.6. The second-order valence-electron chi connectivity index (χ2n) is 5.92. The molecule has 0 saturated heterocycles. The Bertz CT molecular complexity index is 968. The number of aliphatic carboxylic acids is 1. The minimum Gasteiger partial charge on any atom is -0.479 e. The van der Waals surface area contributed by atoms with Crippen LogP contribution in [0.25, 0.3) is 17.0 Å². The van der Waals surface area contributed by atoms with E-state index in [1.807, 2.05) is 60.7 Å². The standard InChI is InChI=1S/C21H18ClNO3/c1-14(21(24)25)26-19-7-3-5-15(12-19)4-2-6-18-11-9-16-8-10-17(22)13-20(16)23-18/h2-5,7-14H,6H2,1H3,(H,24,25)/b4-2+. The Morgan fingerprint density at radius 3 is 2.85 bits per heavy atom. The fourth-order valence-electron chi connectivity index (χ4n) is 2.51. The van der Waals surface area contributed by atoms with Crippen molar-refractivity contribution in [3.8, 4) is 5.75 Å². The number of carbonyl (C=O) groups is 1. The van der Waals surface area contributed by atoms with E-state index >= 15 is 0 Å². The van der Waals surface area contributed by atoms with Crippen molar-refractivity contribution >= 4 is 34.5 Å². The van der Waals surface area contributed by atoms with Gasteiger partial charge in [-0.05, 0) is 42.8 Å². The molecular weight excluding hydrogens is 350 g/mol. The number of rotatable bonds is 6. The minimum atomic E-state index is -0.992. The first kappa shape index (κ1) is 18.0. The van der Waals surface area contributed by atoms with Crippen molar-refractivity contribution in [1.82, 2.24) is 4.98 Å². The van der Waals surface area contributed by atoms with Crippen LogP contribution in [0, 0.1) is 0 Å². The number of hydrogen-bond acceptors (Lipinski definition) is 3. The molecule has 0 saturated carbocycles. The summed E-state index contributed by atoms with van der Waals surface area (Å²) in [6.45, 7) is 1.50. The van der Waals surface area contributed by atoms with Gasteiger partial charge in [-0.15, -0.1) is 0 Å². The maximum atomic E-state index is 10.9. The average molecular weight is 368 g/mol. The van der Waals surface area contributed by atoms with Crippen LogP contribution in [-0.4, -0.2) is 22.2 Å². The number of benzene rings is 2. The molecule has 0 aliphatic carbocycles. The summed E-state index contributed by atoms with van der Waals surface area (Å²) < 4.78 is 5.38. The van der Waals surface area contributed by atoms with E-state index in [1.165, 1.54) is 6.92 Å². The third-order valence-corrected chi connectivity index (χ3v) is 4.10. The number of carboxylic acid groups (broad SMARTS) is 1. The van der Waals surface area contributed by atoms with E-state index in [4.69, 9.17) is 21.4 Å². The summed E-state index contributed by atoms with van der Waals surface area (Å²) in [5.41, 5.74) is 2.76. The lowest BCUT2D eigenvalue weighted by molar-refractivity contribution is -0.144. The number of fused-ring (bicyclic) bond motifs is 1. The van der Waals surface area contributed by atoms with E-state index in [1.54, 1.807) is 6.07 Å². The van der Waals surface area contributed by atoms with Crippen molar-refractivity contribution in [1.29, 1.82) is 0 Å². The Labute approximate surface area is 156 Å². The van der Waals surface area contributed by atoms with Gasteiger partial charge in [-0.1, -0.05) is 48.0 Å². The SMILES string of the molecule is CC(Oc1cccc(/C=C/Cc2ccc3ccc(Cl)cc3n2)c1)C(=O)O. The van der Waals surface area contributed by atoms with Crippen molar-refractivity contribution in [2.75, 3.05) is 0 Å². The number of carboxylic acids is 1. The maximum Gasteiger partial charge on any atom is 0.344 e. The van der Waals surface area contributed by atoms with E-state index in [9.17, 15) is 4.79 Å².